The molecule has 1 nitrogen and oxygen atoms in total. The summed E-state index contributed by atoms with van der Waals surface area (Å²) in [6.45, 7) is 2.06. The van der Waals surface area contributed by atoms with Gasteiger partial charge in [-0.3, -0.25) is 6.08 Å². The summed E-state index contributed by atoms with van der Waals surface area (Å²) in [7, 11) is 0. The van der Waals surface area contributed by atoms with Crippen LogP contribution in [0.25, 0.3) is 0 Å². The third-order valence-corrected chi connectivity index (χ3v) is 0.867. The van der Waals surface area contributed by atoms with Gasteiger partial charge in [-0.1, -0.05) is 6.92 Å². The van der Waals surface area contributed by atoms with E-state index in [1.807, 2.05) is 0 Å². The molecule has 0 unspecified atom stereocenters. The van der Waals surface area contributed by atoms with Crippen LogP contribution in [0.15, 0.2) is 17.7 Å². The van der Waals surface area contributed by atoms with Gasteiger partial charge in [-0.15, -0.1) is 6.42 Å². The van der Waals surface area contributed by atoms with E-state index in [1.165, 1.54) is 5.57 Å². The molecule has 0 aromatic rings. The predicted molar refractivity (Wildman–Crippen MR) is 55.5 cm³/mol. The summed E-state index contributed by atoms with van der Waals surface area (Å²) < 4.78 is 0. The van der Waals surface area contributed by atoms with Crippen LogP contribution < -0.4 is 0 Å². The van der Waals surface area contributed by atoms with Crippen LogP contribution in [0.5, 0.6) is 0 Å². The molecule has 0 heterocycles. The van der Waals surface area contributed by atoms with E-state index >= 15 is 0 Å². The maximum atomic E-state index is 3.12. The monoisotopic (exact) mass is 337 g/mol. The van der Waals surface area contributed by atoms with Crippen molar-refractivity contribution in [3.63, 3.8) is 0 Å². The summed E-state index contributed by atoms with van der Waals surface area (Å²) in [5.41, 5.74) is 1.27. The maximum absolute atomic E-state index is 3.12. The fourth-order valence-corrected chi connectivity index (χ4v) is 0.515. The largest absolute Gasteiger partial charge is 0.412 e. The summed E-state index contributed by atoms with van der Waals surface area (Å²) in [6.07, 6.45) is 8.33. The van der Waals surface area contributed by atoms with Crippen molar-refractivity contribution in [2.45, 2.75) is 13.3 Å². The van der Waals surface area contributed by atoms with Crippen LogP contribution in [0.1, 0.15) is 13.3 Å². The van der Waals surface area contributed by atoms with Gasteiger partial charge in [0.2, 0.25) is 0 Å². The van der Waals surface area contributed by atoms with Gasteiger partial charge in [0.25, 0.3) is 0 Å². The molecule has 1 rings (SSSR count). The van der Waals surface area contributed by atoms with Crippen molar-refractivity contribution in [3.8, 4) is 0 Å². The van der Waals surface area contributed by atoms with E-state index in [0.29, 0.717) is 0 Å². The molecule has 0 radical (unpaired) electrons. The molecule has 2 heteroatoms. The van der Waals surface area contributed by atoms with Crippen LogP contribution in [-0.4, -0.2) is 5.48 Å². The minimum Gasteiger partial charge on any atom is -0.412 e. The second-order valence-electron chi connectivity index (χ2n) is 1.47. The first kappa shape index (κ1) is 39.5. The van der Waals surface area contributed by atoms with E-state index in [-0.39, 0.29) is 61.0 Å². The van der Waals surface area contributed by atoms with Crippen molar-refractivity contribution in [2.24, 2.45) is 0 Å². The Morgan fingerprint density at radius 1 is 1.17 bits per heavy atom. The third kappa shape index (κ3) is 16.7. The average molecular weight is 336 g/mol. The Kier molecular flexibility index (Phi) is 74.1. The van der Waals surface area contributed by atoms with Gasteiger partial charge in [-0.2, -0.15) is 6.08 Å². The summed E-state index contributed by atoms with van der Waals surface area (Å²) in [6, 6.07) is 0. The Labute approximate surface area is 98.1 Å². The third-order valence-electron chi connectivity index (χ3n) is 0.867. The molecule has 1 aliphatic carbocycles. The van der Waals surface area contributed by atoms with E-state index in [1.54, 1.807) is 0 Å². The molecule has 0 aromatic heterocycles. The zero-order valence-corrected chi connectivity index (χ0v) is 12.5. The van der Waals surface area contributed by atoms with E-state index in [0.717, 1.165) is 6.42 Å². The minimum atomic E-state index is 0. The first-order valence-corrected chi connectivity index (χ1v) is 2.13. The number of hydrogen-bond donors (Lipinski definition) is 0. The van der Waals surface area contributed by atoms with Crippen LogP contribution >= 0.6 is 0 Å². The first-order valence-electron chi connectivity index (χ1n) is 2.13. The SMILES string of the molecule is CC1=[C-]CC=C1.O.[CH3-].[CH3-].[CH3-].[CH3-].[Hf]. The molecule has 0 amide bonds. The Balaban J connectivity index is -0.0000000150. The molecule has 76 valence electrons. The maximum Gasteiger partial charge on any atom is 0 e. The Morgan fingerprint density at radius 3 is 1.67 bits per heavy atom. The topological polar surface area (TPSA) is 31.5 Å². The van der Waals surface area contributed by atoms with Crippen molar-refractivity contribution in [3.05, 3.63) is 53.5 Å². The van der Waals surface area contributed by atoms with Gasteiger partial charge in [0.05, 0.1) is 0 Å². The predicted octanol–water partition coefficient (Wildman–Crippen LogP) is 2.67. The van der Waals surface area contributed by atoms with E-state index in [4.69, 9.17) is 0 Å². The molecule has 0 aliphatic heterocycles. The molecular weight excluding hydrogens is 315 g/mol. The van der Waals surface area contributed by atoms with Crippen LogP contribution in [0.3, 0.4) is 0 Å². The van der Waals surface area contributed by atoms with E-state index in [9.17, 15) is 0 Å². The van der Waals surface area contributed by atoms with Gasteiger partial charge >= 0.3 is 0 Å². The summed E-state index contributed by atoms with van der Waals surface area (Å²) in [5.74, 6) is 0. The molecule has 1 aliphatic rings. The number of rotatable bonds is 0. The second-order valence-corrected chi connectivity index (χ2v) is 1.47. The zero-order chi connectivity index (χ0) is 4.41. The zero-order valence-electron chi connectivity index (χ0n) is 8.86. The standard InChI is InChI=1S/C6H7.4CH3.Hf.H2O/c1-6-4-2-3-5-6;;;;;;/h2,4H,3H2,1H3;4*1H3;;1H2/q5*-1;;. The fraction of sp³-hybridized carbons (Fsp3) is 0.200. The molecule has 0 saturated carbocycles. The van der Waals surface area contributed by atoms with Crippen LogP contribution in [-0.2, 0) is 25.8 Å². The Morgan fingerprint density at radius 2 is 1.58 bits per heavy atom. The van der Waals surface area contributed by atoms with Gasteiger partial charge < -0.3 is 35.2 Å². The summed E-state index contributed by atoms with van der Waals surface area (Å²) >= 11 is 0. The van der Waals surface area contributed by atoms with Gasteiger partial charge in [0.1, 0.15) is 0 Å². The summed E-state index contributed by atoms with van der Waals surface area (Å²) in [4.78, 5) is 0. The molecule has 0 saturated heterocycles. The molecule has 0 spiro atoms. The molecular formula is C10H21HfO-5. The quantitative estimate of drug-likeness (QED) is 0.481. The normalized spacial score (nSPS) is 9.25. The van der Waals surface area contributed by atoms with Gasteiger partial charge in [-0.25, -0.2) is 11.6 Å². The van der Waals surface area contributed by atoms with Gasteiger partial charge in [0.15, 0.2) is 0 Å². The molecule has 2 N–H and O–H groups in total. The Bertz CT molecular complexity index is 104. The average Bonchev–Trinajstić information content (AvgIpc) is 1.86. The van der Waals surface area contributed by atoms with Crippen LogP contribution in [0.2, 0.25) is 0 Å². The Hall–Kier alpha value is 0.310. The van der Waals surface area contributed by atoms with Crippen molar-refractivity contribution in [2.75, 3.05) is 0 Å². The molecule has 0 aromatic carbocycles. The van der Waals surface area contributed by atoms with E-state index in [2.05, 4.69) is 25.2 Å². The van der Waals surface area contributed by atoms with Gasteiger partial charge in [0, 0.05) is 25.8 Å². The molecule has 12 heavy (non-hydrogen) atoms. The summed E-state index contributed by atoms with van der Waals surface area (Å²) in [5, 5.41) is 0. The van der Waals surface area contributed by atoms with Crippen molar-refractivity contribution in [1.82, 2.24) is 0 Å². The van der Waals surface area contributed by atoms with Crippen LogP contribution in [0, 0.1) is 35.8 Å². The number of allylic oxidation sites excluding steroid dienone is 4. The molecule has 0 fully saturated rings. The van der Waals surface area contributed by atoms with Crippen LogP contribution in [0.4, 0.5) is 0 Å². The second kappa shape index (κ2) is 22.5. The van der Waals surface area contributed by atoms with Gasteiger partial charge in [-0.05, 0) is 0 Å². The minimum absolute atomic E-state index is 0. The van der Waals surface area contributed by atoms with Crippen molar-refractivity contribution >= 4 is 0 Å². The molecule has 0 bridgehead atoms. The first-order chi connectivity index (χ1) is 2.89. The van der Waals surface area contributed by atoms with Crippen molar-refractivity contribution < 1.29 is 31.3 Å². The smallest absolute Gasteiger partial charge is 0 e. The van der Waals surface area contributed by atoms with E-state index < -0.39 is 0 Å². The fourth-order valence-electron chi connectivity index (χ4n) is 0.515. The molecule has 0 atom stereocenters. The van der Waals surface area contributed by atoms with Crippen molar-refractivity contribution in [1.29, 1.82) is 0 Å². The number of hydrogen-bond acceptors (Lipinski definition) is 0.